The molecule has 0 bridgehead atoms. The van der Waals surface area contributed by atoms with Gasteiger partial charge in [-0.1, -0.05) is 39.8 Å². The lowest BCUT2D eigenvalue weighted by Gasteiger charge is -2.42. The molecule has 0 N–H and O–H groups in total. The average molecular weight is 465 g/mol. The molecule has 1 aromatic carbocycles. The molecular weight excluding hydrogens is 429 g/mol. The normalized spacial score (nSPS) is 18.2. The molecule has 0 atom stereocenters. The van der Waals surface area contributed by atoms with E-state index in [1.165, 1.54) is 18.2 Å². The van der Waals surface area contributed by atoms with E-state index in [-0.39, 0.29) is 35.4 Å². The van der Waals surface area contributed by atoms with Crippen molar-refractivity contribution >= 4 is 11.5 Å². The van der Waals surface area contributed by atoms with Crippen molar-refractivity contribution in [3.63, 3.8) is 0 Å². The predicted octanol–water partition coefficient (Wildman–Crippen LogP) is 7.45. The first-order valence-corrected chi connectivity index (χ1v) is 11.4. The van der Waals surface area contributed by atoms with Crippen LogP contribution >= 0.6 is 0 Å². The Kier molecular flexibility index (Phi) is 8.26. The summed E-state index contributed by atoms with van der Waals surface area (Å²) >= 11 is 0. The highest BCUT2D eigenvalue weighted by atomic mass is 19.4. The van der Waals surface area contributed by atoms with Crippen molar-refractivity contribution in [2.75, 3.05) is 13.2 Å². The summed E-state index contributed by atoms with van der Waals surface area (Å²) in [7, 11) is 0. The van der Waals surface area contributed by atoms with Gasteiger partial charge in [-0.3, -0.25) is 0 Å². The number of halogens is 3. The molecular formula is C27H35F3O3. The van der Waals surface area contributed by atoms with Crippen molar-refractivity contribution in [1.82, 2.24) is 0 Å². The molecule has 182 valence electrons. The van der Waals surface area contributed by atoms with Gasteiger partial charge in [0.2, 0.25) is 0 Å². The maximum atomic E-state index is 14.2. The summed E-state index contributed by atoms with van der Waals surface area (Å²) in [5.41, 5.74) is 1.32. The quantitative estimate of drug-likeness (QED) is 0.239. The van der Waals surface area contributed by atoms with E-state index in [0.29, 0.717) is 5.57 Å². The summed E-state index contributed by atoms with van der Waals surface area (Å²) < 4.78 is 53.1. The van der Waals surface area contributed by atoms with Crippen LogP contribution in [0.15, 0.2) is 42.0 Å². The van der Waals surface area contributed by atoms with Gasteiger partial charge in [-0.05, 0) is 79.4 Å². The van der Waals surface area contributed by atoms with Crippen LogP contribution in [0.3, 0.4) is 0 Å². The molecule has 0 heterocycles. The molecule has 0 saturated heterocycles. The topological polar surface area (TPSA) is 35.5 Å². The van der Waals surface area contributed by atoms with E-state index in [2.05, 4.69) is 27.7 Å². The SMILES string of the molecule is CCOC(=O)C=C(C)C=CC=C(c1cc2c(cc1OCC)C(C)(C)CCC2(C)C)C(F)(F)F. The molecule has 0 aromatic heterocycles. The second-order valence-corrected chi connectivity index (χ2v) is 9.67. The van der Waals surface area contributed by atoms with Gasteiger partial charge in [0.05, 0.1) is 18.8 Å². The van der Waals surface area contributed by atoms with Crippen LogP contribution in [0.1, 0.15) is 78.0 Å². The molecule has 0 radical (unpaired) electrons. The van der Waals surface area contributed by atoms with E-state index in [0.717, 1.165) is 30.0 Å². The van der Waals surface area contributed by atoms with Crippen molar-refractivity contribution < 1.29 is 27.4 Å². The van der Waals surface area contributed by atoms with E-state index in [1.54, 1.807) is 32.9 Å². The Labute approximate surface area is 195 Å². The van der Waals surface area contributed by atoms with Crippen molar-refractivity contribution in [2.45, 2.75) is 78.3 Å². The van der Waals surface area contributed by atoms with Crippen LogP contribution in [0.4, 0.5) is 13.2 Å². The first-order valence-electron chi connectivity index (χ1n) is 11.4. The molecule has 1 aliphatic carbocycles. The van der Waals surface area contributed by atoms with Crippen LogP contribution in [-0.2, 0) is 20.4 Å². The summed E-state index contributed by atoms with van der Waals surface area (Å²) in [6, 6.07) is 3.46. The number of carbonyl (C=O) groups excluding carboxylic acids is 1. The highest BCUT2D eigenvalue weighted by Crippen LogP contribution is 2.50. The highest BCUT2D eigenvalue weighted by Gasteiger charge is 2.41. The number of rotatable bonds is 7. The Bertz CT molecular complexity index is 964. The van der Waals surface area contributed by atoms with Crippen molar-refractivity contribution in [3.8, 4) is 5.75 Å². The van der Waals surface area contributed by atoms with Crippen LogP contribution in [0.2, 0.25) is 0 Å². The predicted molar refractivity (Wildman–Crippen MR) is 126 cm³/mol. The third-order valence-corrected chi connectivity index (χ3v) is 6.10. The smallest absolute Gasteiger partial charge is 0.417 e. The zero-order valence-electron chi connectivity index (χ0n) is 20.7. The van der Waals surface area contributed by atoms with Gasteiger partial charge in [-0.25, -0.2) is 4.79 Å². The van der Waals surface area contributed by atoms with Gasteiger partial charge >= 0.3 is 12.1 Å². The standard InChI is InChI=1S/C27H35F3O3/c1-8-32-23-17-22-21(25(4,5)13-14-26(22,6)7)16-19(23)20(27(28,29)30)12-10-11-18(3)15-24(31)33-9-2/h10-12,15-17H,8-9,13-14H2,1-7H3. The lowest BCUT2D eigenvalue weighted by molar-refractivity contribution is -0.137. The van der Waals surface area contributed by atoms with Gasteiger partial charge in [0.15, 0.2) is 0 Å². The Morgan fingerprint density at radius 3 is 2.12 bits per heavy atom. The Hall–Kier alpha value is -2.50. The molecule has 0 saturated carbocycles. The molecule has 0 amide bonds. The number of fused-ring (bicyclic) bond motifs is 1. The molecule has 0 unspecified atom stereocenters. The van der Waals surface area contributed by atoms with Crippen molar-refractivity contribution in [1.29, 1.82) is 0 Å². The fourth-order valence-corrected chi connectivity index (χ4v) is 4.13. The molecule has 0 fully saturated rings. The van der Waals surface area contributed by atoms with Gasteiger partial charge in [0.1, 0.15) is 5.75 Å². The average Bonchev–Trinajstić information content (AvgIpc) is 2.68. The highest BCUT2D eigenvalue weighted by molar-refractivity contribution is 5.83. The van der Waals surface area contributed by atoms with Gasteiger partial charge in [-0.2, -0.15) is 13.2 Å². The third kappa shape index (κ3) is 6.52. The fraction of sp³-hybridized carbons (Fsp3) is 0.519. The Morgan fingerprint density at radius 1 is 1.03 bits per heavy atom. The monoisotopic (exact) mass is 464 g/mol. The molecule has 0 aliphatic heterocycles. The van der Waals surface area contributed by atoms with Crippen LogP contribution in [0, 0.1) is 0 Å². The lowest BCUT2D eigenvalue weighted by atomic mass is 9.62. The number of hydrogen-bond acceptors (Lipinski definition) is 3. The minimum Gasteiger partial charge on any atom is -0.493 e. The van der Waals surface area contributed by atoms with E-state index in [9.17, 15) is 18.0 Å². The van der Waals surface area contributed by atoms with Gasteiger partial charge < -0.3 is 9.47 Å². The summed E-state index contributed by atoms with van der Waals surface area (Å²) in [4.78, 5) is 11.6. The minimum atomic E-state index is -4.59. The fourth-order valence-electron chi connectivity index (χ4n) is 4.13. The number of ether oxygens (including phenoxy) is 2. The maximum absolute atomic E-state index is 14.2. The summed E-state index contributed by atoms with van der Waals surface area (Å²) in [6.45, 7) is 14.0. The number of allylic oxidation sites excluding steroid dienone is 5. The van der Waals surface area contributed by atoms with Crippen molar-refractivity contribution in [2.24, 2.45) is 0 Å². The number of alkyl halides is 3. The molecule has 1 aromatic rings. The molecule has 2 rings (SSSR count). The van der Waals surface area contributed by atoms with Gasteiger partial charge in [0, 0.05) is 11.6 Å². The second-order valence-electron chi connectivity index (χ2n) is 9.67. The van der Waals surface area contributed by atoms with E-state index in [4.69, 9.17) is 9.47 Å². The number of hydrogen-bond donors (Lipinski definition) is 0. The van der Waals surface area contributed by atoms with E-state index >= 15 is 0 Å². The largest absolute Gasteiger partial charge is 0.493 e. The molecule has 6 heteroatoms. The number of esters is 1. The first kappa shape index (κ1) is 26.7. The van der Waals surface area contributed by atoms with E-state index in [1.807, 2.05) is 0 Å². The van der Waals surface area contributed by atoms with Gasteiger partial charge in [0.25, 0.3) is 0 Å². The maximum Gasteiger partial charge on any atom is 0.417 e. The number of benzene rings is 1. The summed E-state index contributed by atoms with van der Waals surface area (Å²) in [5.74, 6) is -0.296. The van der Waals surface area contributed by atoms with Crippen LogP contribution in [-0.4, -0.2) is 25.4 Å². The Morgan fingerprint density at radius 2 is 1.61 bits per heavy atom. The number of carbonyl (C=O) groups is 1. The summed E-state index contributed by atoms with van der Waals surface area (Å²) in [5, 5.41) is 0. The van der Waals surface area contributed by atoms with E-state index < -0.39 is 17.7 Å². The minimum absolute atomic E-state index is 0.0329. The third-order valence-electron chi connectivity index (χ3n) is 6.10. The molecule has 0 spiro atoms. The van der Waals surface area contributed by atoms with Crippen LogP contribution in [0.5, 0.6) is 5.75 Å². The van der Waals surface area contributed by atoms with Crippen molar-refractivity contribution in [3.05, 3.63) is 58.7 Å². The van der Waals surface area contributed by atoms with Crippen LogP contribution < -0.4 is 4.74 Å². The zero-order chi connectivity index (χ0) is 25.0. The molecule has 3 nitrogen and oxygen atoms in total. The molecule has 1 aliphatic rings. The second kappa shape index (κ2) is 10.2. The Balaban J connectivity index is 2.64. The van der Waals surface area contributed by atoms with Crippen LogP contribution in [0.25, 0.3) is 5.57 Å². The first-order chi connectivity index (χ1) is 15.2. The van der Waals surface area contributed by atoms with Gasteiger partial charge in [-0.15, -0.1) is 0 Å². The molecule has 33 heavy (non-hydrogen) atoms. The lowest BCUT2D eigenvalue weighted by Crippen LogP contribution is -2.34. The zero-order valence-corrected chi connectivity index (χ0v) is 20.7. The summed E-state index contributed by atoms with van der Waals surface area (Å²) in [6.07, 6.45) is 2.30.